The van der Waals surface area contributed by atoms with E-state index in [9.17, 15) is 0 Å². The minimum atomic E-state index is 0.614. The molecule has 1 aliphatic heterocycles. The Morgan fingerprint density at radius 1 is 1.17 bits per heavy atom. The van der Waals surface area contributed by atoms with Crippen LogP contribution in [0.3, 0.4) is 0 Å². The van der Waals surface area contributed by atoms with Crippen molar-refractivity contribution in [1.29, 1.82) is 5.26 Å². The lowest BCUT2D eigenvalue weighted by atomic mass is 10.1. The summed E-state index contributed by atoms with van der Waals surface area (Å²) in [6, 6.07) is 11.4. The number of nitriles is 1. The van der Waals surface area contributed by atoms with Crippen LogP contribution in [-0.4, -0.2) is 55.1 Å². The van der Waals surface area contributed by atoms with Gasteiger partial charge >= 0.3 is 0 Å². The Hall–Kier alpha value is -3.37. The van der Waals surface area contributed by atoms with E-state index in [-0.39, 0.29) is 0 Å². The van der Waals surface area contributed by atoms with E-state index < -0.39 is 0 Å². The fourth-order valence-electron chi connectivity index (χ4n) is 3.05. The van der Waals surface area contributed by atoms with Crippen LogP contribution in [0.25, 0.3) is 11.4 Å². The molecule has 0 aliphatic carbocycles. The number of hydrogen-bond acceptors (Lipinski definition) is 7. The number of nitrogens with zero attached hydrogens (tertiary/aromatic N) is 5. The van der Waals surface area contributed by atoms with E-state index in [1.54, 1.807) is 12.1 Å². The molecule has 3 rings (SSSR count). The van der Waals surface area contributed by atoms with Crippen molar-refractivity contribution in [3.63, 3.8) is 0 Å². The topological polar surface area (TPSA) is 80.1 Å². The number of rotatable bonds is 6. The van der Waals surface area contributed by atoms with Crippen LogP contribution in [0.1, 0.15) is 12.5 Å². The zero-order valence-corrected chi connectivity index (χ0v) is 17.2. The predicted octanol–water partition coefficient (Wildman–Crippen LogP) is 2.82. The Morgan fingerprint density at radius 3 is 2.48 bits per heavy atom. The lowest BCUT2D eigenvalue weighted by molar-refractivity contribution is 0.312. The van der Waals surface area contributed by atoms with Crippen LogP contribution >= 0.6 is 0 Å². The van der Waals surface area contributed by atoms with Gasteiger partial charge in [0.1, 0.15) is 11.6 Å². The van der Waals surface area contributed by atoms with Crippen molar-refractivity contribution in [1.82, 2.24) is 20.2 Å². The summed E-state index contributed by atoms with van der Waals surface area (Å²) in [5.41, 5.74) is 3.23. The number of hydrogen-bond donors (Lipinski definition) is 2. The summed E-state index contributed by atoms with van der Waals surface area (Å²) in [6.07, 6.45) is 1.93. The molecule has 0 spiro atoms. The quantitative estimate of drug-likeness (QED) is 0.736. The first-order valence-corrected chi connectivity index (χ1v) is 9.63. The smallest absolute Gasteiger partial charge is 0.163 e. The van der Waals surface area contributed by atoms with Crippen molar-refractivity contribution in [2.45, 2.75) is 6.92 Å². The van der Waals surface area contributed by atoms with Crippen LogP contribution in [0.5, 0.6) is 0 Å². The molecule has 2 heterocycles. The van der Waals surface area contributed by atoms with Gasteiger partial charge in [0.25, 0.3) is 0 Å². The lowest BCUT2D eigenvalue weighted by Crippen LogP contribution is -2.44. The lowest BCUT2D eigenvalue weighted by Gasteiger charge is -2.33. The largest absolute Gasteiger partial charge is 0.392 e. The zero-order chi connectivity index (χ0) is 20.8. The van der Waals surface area contributed by atoms with Gasteiger partial charge in [-0.3, -0.25) is 0 Å². The molecular weight excluding hydrogens is 362 g/mol. The van der Waals surface area contributed by atoms with Gasteiger partial charge in [-0.2, -0.15) is 5.26 Å². The highest BCUT2D eigenvalue weighted by Gasteiger charge is 2.18. The molecule has 150 valence electrons. The third-order valence-corrected chi connectivity index (χ3v) is 4.89. The molecular formula is C22H27N7. The molecule has 29 heavy (non-hydrogen) atoms. The van der Waals surface area contributed by atoms with E-state index >= 15 is 0 Å². The van der Waals surface area contributed by atoms with Crippen molar-refractivity contribution in [2.75, 3.05) is 50.5 Å². The molecule has 2 N–H and O–H groups in total. The SMILES string of the molecule is C=C(/C=C(/C)NC)Nc1cc(N2CCN(C)CC2)nc(-c2ccc(C#N)cc2)n1. The number of allylic oxidation sites excluding steroid dienone is 2. The third kappa shape index (κ3) is 5.33. The van der Waals surface area contributed by atoms with Crippen LogP contribution in [0.4, 0.5) is 11.6 Å². The summed E-state index contributed by atoms with van der Waals surface area (Å²) in [7, 11) is 4.01. The van der Waals surface area contributed by atoms with Crippen LogP contribution in [0, 0.1) is 11.3 Å². The van der Waals surface area contributed by atoms with Crippen LogP contribution in [0.15, 0.2) is 54.4 Å². The van der Waals surface area contributed by atoms with E-state index in [0.717, 1.165) is 49.0 Å². The second kappa shape index (κ2) is 9.22. The van der Waals surface area contributed by atoms with E-state index in [1.165, 1.54) is 0 Å². The summed E-state index contributed by atoms with van der Waals surface area (Å²) in [5, 5.41) is 15.4. The summed E-state index contributed by atoms with van der Waals surface area (Å²) in [5.74, 6) is 2.20. The molecule has 0 bridgehead atoms. The number of aromatic nitrogens is 2. The standard InChI is InChI=1S/C22H27N7/c1-16(24-3)13-17(2)25-20-14-21(29-11-9-28(4)10-12-29)27-22(26-20)19-7-5-18(15-23)6-8-19/h5-8,13-14,24H,2,9-12H2,1,3-4H3,(H,25,26,27)/b16-13-. The Bertz CT molecular complexity index is 933. The second-order valence-electron chi connectivity index (χ2n) is 7.14. The molecule has 7 nitrogen and oxygen atoms in total. The Labute approximate surface area is 172 Å². The molecule has 1 aliphatic rings. The number of benzene rings is 1. The van der Waals surface area contributed by atoms with Crippen LogP contribution in [0.2, 0.25) is 0 Å². The highest BCUT2D eigenvalue weighted by molar-refractivity contribution is 5.64. The minimum absolute atomic E-state index is 0.614. The highest BCUT2D eigenvalue weighted by atomic mass is 15.3. The molecule has 1 aromatic heterocycles. The van der Waals surface area contributed by atoms with E-state index in [0.29, 0.717) is 17.2 Å². The molecule has 0 radical (unpaired) electrons. The van der Waals surface area contributed by atoms with Crippen LogP contribution < -0.4 is 15.5 Å². The highest BCUT2D eigenvalue weighted by Crippen LogP contribution is 2.24. The van der Waals surface area contributed by atoms with E-state index in [2.05, 4.69) is 45.1 Å². The average Bonchev–Trinajstić information content (AvgIpc) is 2.73. The molecule has 1 saturated heterocycles. The fraction of sp³-hybridized carbons (Fsp3) is 0.318. The molecule has 0 amide bonds. The fourth-order valence-corrected chi connectivity index (χ4v) is 3.05. The van der Waals surface area contributed by atoms with Gasteiger partial charge < -0.3 is 20.4 Å². The van der Waals surface area contributed by atoms with Gasteiger partial charge in [0.15, 0.2) is 5.82 Å². The van der Waals surface area contributed by atoms with Gasteiger partial charge in [-0.15, -0.1) is 0 Å². The van der Waals surface area contributed by atoms with Crippen molar-refractivity contribution >= 4 is 11.6 Å². The molecule has 0 saturated carbocycles. The Kier molecular flexibility index (Phi) is 6.47. The average molecular weight is 390 g/mol. The number of nitrogens with one attached hydrogen (secondary N) is 2. The first-order chi connectivity index (χ1) is 14.0. The molecule has 1 fully saturated rings. The summed E-state index contributed by atoms with van der Waals surface area (Å²) in [4.78, 5) is 14.1. The summed E-state index contributed by atoms with van der Waals surface area (Å²) >= 11 is 0. The van der Waals surface area contributed by atoms with E-state index in [4.69, 9.17) is 10.2 Å². The maximum Gasteiger partial charge on any atom is 0.163 e. The molecule has 2 aromatic rings. The van der Waals surface area contributed by atoms with Gasteiger partial charge in [-0.25, -0.2) is 9.97 Å². The van der Waals surface area contributed by atoms with Crippen molar-refractivity contribution in [3.05, 3.63) is 59.9 Å². The van der Waals surface area contributed by atoms with Gasteiger partial charge in [0.2, 0.25) is 0 Å². The van der Waals surface area contributed by atoms with Gasteiger partial charge in [0, 0.05) is 56.3 Å². The maximum atomic E-state index is 9.05. The predicted molar refractivity (Wildman–Crippen MR) is 117 cm³/mol. The number of anilines is 2. The Morgan fingerprint density at radius 2 is 1.86 bits per heavy atom. The first-order valence-electron chi connectivity index (χ1n) is 9.63. The second-order valence-corrected chi connectivity index (χ2v) is 7.14. The molecule has 1 aromatic carbocycles. The van der Waals surface area contributed by atoms with Crippen LogP contribution in [-0.2, 0) is 0 Å². The number of piperazine rings is 1. The minimum Gasteiger partial charge on any atom is -0.392 e. The van der Waals surface area contributed by atoms with Gasteiger partial charge in [0.05, 0.1) is 11.6 Å². The number of likely N-dealkylation sites (N-methyl/N-ethyl adjacent to an activating group) is 1. The maximum absolute atomic E-state index is 9.05. The van der Waals surface area contributed by atoms with Gasteiger partial charge in [-0.05, 0) is 44.3 Å². The summed E-state index contributed by atoms with van der Waals surface area (Å²) < 4.78 is 0. The summed E-state index contributed by atoms with van der Waals surface area (Å²) in [6.45, 7) is 9.87. The monoisotopic (exact) mass is 389 g/mol. The van der Waals surface area contributed by atoms with Crippen molar-refractivity contribution in [2.24, 2.45) is 0 Å². The van der Waals surface area contributed by atoms with Crippen molar-refractivity contribution in [3.8, 4) is 17.5 Å². The molecule has 0 unspecified atom stereocenters. The normalized spacial score (nSPS) is 15.0. The molecule has 0 atom stereocenters. The Balaban J connectivity index is 1.95. The third-order valence-electron chi connectivity index (χ3n) is 4.89. The van der Waals surface area contributed by atoms with Gasteiger partial charge in [-0.1, -0.05) is 6.58 Å². The first kappa shape index (κ1) is 20.4. The van der Waals surface area contributed by atoms with Crippen molar-refractivity contribution < 1.29 is 0 Å². The zero-order valence-electron chi connectivity index (χ0n) is 17.2. The molecule has 7 heteroatoms. The van der Waals surface area contributed by atoms with E-state index in [1.807, 2.05) is 38.2 Å².